The van der Waals surface area contributed by atoms with Gasteiger partial charge in [-0.2, -0.15) is 25.3 Å². The Labute approximate surface area is 138 Å². The molecule has 0 aliphatic rings. The smallest absolute Gasteiger partial charge is 0.327 e. The molecule has 0 aromatic heterocycles. The van der Waals surface area contributed by atoms with Crippen molar-refractivity contribution in [2.45, 2.75) is 31.0 Å². The number of carbonyl (C=O) groups excluding carboxylic acids is 3. The molecule has 0 heterocycles. The van der Waals surface area contributed by atoms with Gasteiger partial charge in [0.15, 0.2) is 0 Å². The SMILES string of the molecule is NC(=O)CC[C@H](N)C(=O)N[C@@H](CS)C(=O)N[C@@H](CS)C(=O)O. The van der Waals surface area contributed by atoms with Crippen LogP contribution >= 0.6 is 25.3 Å². The molecule has 7 N–H and O–H groups in total. The van der Waals surface area contributed by atoms with Crippen molar-refractivity contribution in [2.75, 3.05) is 11.5 Å². The molecule has 0 unspecified atom stereocenters. The van der Waals surface area contributed by atoms with Crippen LogP contribution in [0.4, 0.5) is 0 Å². The molecule has 9 nitrogen and oxygen atoms in total. The lowest BCUT2D eigenvalue weighted by atomic mass is 10.1. The number of primary amides is 1. The van der Waals surface area contributed by atoms with Crippen LogP contribution in [0.25, 0.3) is 0 Å². The molecule has 0 rings (SSSR count). The summed E-state index contributed by atoms with van der Waals surface area (Å²) in [6.07, 6.45) is -0.0243. The van der Waals surface area contributed by atoms with Gasteiger partial charge in [-0.05, 0) is 6.42 Å². The van der Waals surface area contributed by atoms with E-state index in [2.05, 4.69) is 35.9 Å². The highest BCUT2D eigenvalue weighted by Crippen LogP contribution is 1.98. The van der Waals surface area contributed by atoms with E-state index in [1.54, 1.807) is 0 Å². The lowest BCUT2D eigenvalue weighted by Crippen LogP contribution is -2.55. The molecule has 0 saturated carbocycles. The van der Waals surface area contributed by atoms with Crippen LogP contribution in [0, 0.1) is 0 Å². The number of carboxylic acids is 1. The maximum absolute atomic E-state index is 11.9. The van der Waals surface area contributed by atoms with Crippen LogP contribution in [-0.4, -0.2) is 58.4 Å². The number of hydrogen-bond donors (Lipinski definition) is 7. The average molecular weight is 352 g/mol. The maximum Gasteiger partial charge on any atom is 0.327 e. The number of nitrogens with two attached hydrogens (primary N) is 2. The van der Waals surface area contributed by atoms with E-state index in [9.17, 15) is 19.2 Å². The summed E-state index contributed by atoms with van der Waals surface area (Å²) in [6, 6.07) is -3.25. The lowest BCUT2D eigenvalue weighted by Gasteiger charge is -2.20. The van der Waals surface area contributed by atoms with Crippen LogP contribution in [0.15, 0.2) is 0 Å². The molecule has 3 atom stereocenters. The summed E-state index contributed by atoms with van der Waals surface area (Å²) >= 11 is 7.74. The van der Waals surface area contributed by atoms with Gasteiger partial charge in [-0.1, -0.05) is 0 Å². The minimum absolute atomic E-state index is 0.0382. The Hall–Kier alpha value is -1.46. The molecular weight excluding hydrogens is 332 g/mol. The molecular formula is C11H20N4O5S2. The molecule has 0 aromatic rings. The molecule has 0 aromatic carbocycles. The molecule has 0 fully saturated rings. The zero-order chi connectivity index (χ0) is 17.3. The van der Waals surface area contributed by atoms with Gasteiger partial charge in [-0.15, -0.1) is 0 Å². The van der Waals surface area contributed by atoms with Gasteiger partial charge in [0.1, 0.15) is 12.1 Å². The van der Waals surface area contributed by atoms with Gasteiger partial charge in [0, 0.05) is 17.9 Å². The third-order valence-electron chi connectivity index (χ3n) is 2.65. The third kappa shape index (κ3) is 7.52. The molecule has 0 aliphatic carbocycles. The Morgan fingerprint density at radius 2 is 1.50 bits per heavy atom. The zero-order valence-electron chi connectivity index (χ0n) is 11.7. The highest BCUT2D eigenvalue weighted by molar-refractivity contribution is 7.80. The highest BCUT2D eigenvalue weighted by atomic mass is 32.1. The fourth-order valence-electron chi connectivity index (χ4n) is 1.36. The fourth-order valence-corrected chi connectivity index (χ4v) is 1.86. The topological polar surface area (TPSA) is 165 Å². The third-order valence-corrected chi connectivity index (χ3v) is 3.38. The molecule has 0 aliphatic heterocycles. The minimum Gasteiger partial charge on any atom is -0.480 e. The van der Waals surface area contributed by atoms with Crippen LogP contribution in [0.5, 0.6) is 0 Å². The summed E-state index contributed by atoms with van der Waals surface area (Å²) in [5.41, 5.74) is 10.5. The first-order chi connectivity index (χ1) is 10.2. The average Bonchev–Trinajstić information content (AvgIpc) is 2.46. The number of thiol groups is 2. The van der Waals surface area contributed by atoms with Gasteiger partial charge >= 0.3 is 5.97 Å². The Bertz CT molecular complexity index is 435. The van der Waals surface area contributed by atoms with Crippen molar-refractivity contribution in [3.05, 3.63) is 0 Å². The van der Waals surface area contributed by atoms with Crippen molar-refractivity contribution in [2.24, 2.45) is 11.5 Å². The second-order valence-electron chi connectivity index (χ2n) is 4.44. The van der Waals surface area contributed by atoms with Gasteiger partial charge in [0.2, 0.25) is 17.7 Å². The van der Waals surface area contributed by atoms with E-state index < -0.39 is 41.8 Å². The molecule has 0 bridgehead atoms. The highest BCUT2D eigenvalue weighted by Gasteiger charge is 2.26. The summed E-state index contributed by atoms with van der Waals surface area (Å²) in [5, 5.41) is 13.4. The predicted molar refractivity (Wildman–Crippen MR) is 85.6 cm³/mol. The van der Waals surface area contributed by atoms with E-state index in [0.29, 0.717) is 0 Å². The zero-order valence-corrected chi connectivity index (χ0v) is 13.5. The second-order valence-corrected chi connectivity index (χ2v) is 5.17. The van der Waals surface area contributed by atoms with Gasteiger partial charge in [-0.3, -0.25) is 14.4 Å². The number of amides is 3. The van der Waals surface area contributed by atoms with Crippen molar-refractivity contribution in [3.8, 4) is 0 Å². The van der Waals surface area contributed by atoms with E-state index in [1.165, 1.54) is 0 Å². The van der Waals surface area contributed by atoms with Gasteiger partial charge < -0.3 is 27.2 Å². The Morgan fingerprint density at radius 3 is 1.91 bits per heavy atom. The van der Waals surface area contributed by atoms with E-state index >= 15 is 0 Å². The summed E-state index contributed by atoms with van der Waals surface area (Å²) in [5.74, 6) is -3.37. The van der Waals surface area contributed by atoms with Crippen LogP contribution in [0.1, 0.15) is 12.8 Å². The molecule has 0 saturated heterocycles. The molecule has 3 amide bonds. The van der Waals surface area contributed by atoms with Crippen molar-refractivity contribution >= 4 is 48.9 Å². The fraction of sp³-hybridized carbons (Fsp3) is 0.636. The van der Waals surface area contributed by atoms with Gasteiger partial charge in [0.05, 0.1) is 6.04 Å². The number of aliphatic carboxylic acids is 1. The summed E-state index contributed by atoms with van der Waals surface area (Å²) in [4.78, 5) is 45.1. The standard InChI is InChI=1S/C11H20N4O5S2/c12-5(1-2-8(13)16)9(17)14-6(3-21)10(18)15-7(4-22)11(19)20/h5-7,21-22H,1-4,12H2,(H2,13,16)(H,14,17)(H,15,18)(H,19,20)/t5-,6-,7-/m0/s1. The number of nitrogens with one attached hydrogen (secondary N) is 2. The minimum atomic E-state index is -1.24. The first-order valence-electron chi connectivity index (χ1n) is 6.32. The van der Waals surface area contributed by atoms with E-state index in [1.807, 2.05) is 0 Å². The van der Waals surface area contributed by atoms with Gasteiger partial charge in [0.25, 0.3) is 0 Å². The van der Waals surface area contributed by atoms with Crippen LogP contribution < -0.4 is 22.1 Å². The number of hydrogen-bond acceptors (Lipinski definition) is 7. The van der Waals surface area contributed by atoms with Crippen molar-refractivity contribution in [3.63, 3.8) is 0 Å². The molecule has 126 valence electrons. The van der Waals surface area contributed by atoms with Crippen LogP contribution in [-0.2, 0) is 19.2 Å². The maximum atomic E-state index is 11.9. The molecule has 11 heteroatoms. The van der Waals surface area contributed by atoms with Crippen molar-refractivity contribution in [1.82, 2.24) is 10.6 Å². The Balaban J connectivity index is 4.57. The van der Waals surface area contributed by atoms with Crippen LogP contribution in [0.3, 0.4) is 0 Å². The van der Waals surface area contributed by atoms with E-state index in [4.69, 9.17) is 16.6 Å². The van der Waals surface area contributed by atoms with Crippen molar-refractivity contribution in [1.29, 1.82) is 0 Å². The number of rotatable bonds is 10. The first kappa shape index (κ1) is 20.5. The lowest BCUT2D eigenvalue weighted by molar-refractivity contribution is -0.141. The Morgan fingerprint density at radius 1 is 1.00 bits per heavy atom. The van der Waals surface area contributed by atoms with Crippen molar-refractivity contribution < 1.29 is 24.3 Å². The normalized spacial score (nSPS) is 14.5. The molecule has 0 radical (unpaired) electrons. The number of carboxylic acid groups (broad SMARTS) is 1. The molecule has 0 spiro atoms. The quantitative estimate of drug-likeness (QED) is 0.215. The number of carbonyl (C=O) groups is 4. The second kappa shape index (κ2) is 10.3. The van der Waals surface area contributed by atoms with Gasteiger partial charge in [-0.25, -0.2) is 4.79 Å². The summed E-state index contributed by atoms with van der Waals surface area (Å²) < 4.78 is 0. The van der Waals surface area contributed by atoms with E-state index in [-0.39, 0.29) is 24.3 Å². The first-order valence-corrected chi connectivity index (χ1v) is 7.58. The molecule has 22 heavy (non-hydrogen) atoms. The predicted octanol–water partition coefficient (Wildman–Crippen LogP) is -2.51. The summed E-state index contributed by atoms with van der Waals surface area (Å²) in [6.45, 7) is 0. The van der Waals surface area contributed by atoms with E-state index in [0.717, 1.165) is 0 Å². The van der Waals surface area contributed by atoms with Crippen LogP contribution in [0.2, 0.25) is 0 Å². The summed E-state index contributed by atoms with van der Waals surface area (Å²) in [7, 11) is 0. The monoisotopic (exact) mass is 352 g/mol. The largest absolute Gasteiger partial charge is 0.480 e. The Kier molecular flexibility index (Phi) is 9.61.